The van der Waals surface area contributed by atoms with Crippen molar-refractivity contribution in [3.63, 3.8) is 0 Å². The van der Waals surface area contributed by atoms with Gasteiger partial charge in [-0.15, -0.1) is 0 Å². The minimum Gasteiger partial charge on any atom is -0.490 e. The Morgan fingerprint density at radius 1 is 0.793 bits per heavy atom. The maximum atomic E-state index is 12.6. The minimum atomic E-state index is -0.517. The molecule has 6 heteroatoms. The van der Waals surface area contributed by atoms with E-state index in [1.165, 1.54) is 7.11 Å². The molecule has 148 valence electrons. The van der Waals surface area contributed by atoms with Gasteiger partial charge in [0.2, 0.25) is 0 Å². The van der Waals surface area contributed by atoms with Gasteiger partial charge in [-0.25, -0.2) is 4.79 Å². The number of benzene rings is 3. The zero-order chi connectivity index (χ0) is 20.5. The van der Waals surface area contributed by atoms with Crippen molar-refractivity contribution in [1.29, 1.82) is 0 Å². The van der Waals surface area contributed by atoms with Crippen molar-refractivity contribution in [2.24, 2.45) is 0 Å². The van der Waals surface area contributed by atoms with Crippen molar-refractivity contribution in [1.82, 2.24) is 0 Å². The molecule has 0 saturated carbocycles. The number of para-hydroxylation sites is 2. The Balaban J connectivity index is 1.59. The second-order valence-corrected chi connectivity index (χ2v) is 6.03. The number of hydrogen-bond donors (Lipinski definition) is 1. The van der Waals surface area contributed by atoms with Gasteiger partial charge in [-0.05, 0) is 42.5 Å². The number of carbonyl (C=O) groups excluding carboxylic acids is 2. The van der Waals surface area contributed by atoms with Crippen molar-refractivity contribution in [3.8, 4) is 11.5 Å². The third-order valence-electron chi connectivity index (χ3n) is 4.04. The Morgan fingerprint density at radius 3 is 2.21 bits per heavy atom. The van der Waals surface area contributed by atoms with Crippen LogP contribution in [0, 0.1) is 0 Å². The lowest BCUT2D eigenvalue weighted by Crippen LogP contribution is -2.15. The molecule has 0 aliphatic carbocycles. The first-order chi connectivity index (χ1) is 14.2. The van der Waals surface area contributed by atoms with Gasteiger partial charge in [-0.2, -0.15) is 0 Å². The van der Waals surface area contributed by atoms with E-state index in [0.717, 1.165) is 5.75 Å². The zero-order valence-corrected chi connectivity index (χ0v) is 16.0. The van der Waals surface area contributed by atoms with Crippen LogP contribution in [-0.2, 0) is 4.74 Å². The molecule has 0 atom stereocenters. The average molecular weight is 391 g/mol. The summed E-state index contributed by atoms with van der Waals surface area (Å²) in [5.74, 6) is 0.452. The molecule has 3 rings (SSSR count). The molecular weight excluding hydrogens is 370 g/mol. The van der Waals surface area contributed by atoms with Crippen LogP contribution in [0.5, 0.6) is 11.5 Å². The molecule has 6 nitrogen and oxygen atoms in total. The molecule has 29 heavy (non-hydrogen) atoms. The van der Waals surface area contributed by atoms with E-state index in [1.807, 2.05) is 30.3 Å². The number of rotatable bonds is 8. The molecular formula is C23H21NO5. The molecule has 0 bridgehead atoms. The summed E-state index contributed by atoms with van der Waals surface area (Å²) in [5, 5.41) is 2.74. The van der Waals surface area contributed by atoms with Gasteiger partial charge in [0.25, 0.3) is 5.91 Å². The van der Waals surface area contributed by atoms with Crippen LogP contribution in [0.25, 0.3) is 0 Å². The van der Waals surface area contributed by atoms with Gasteiger partial charge in [0, 0.05) is 5.56 Å². The fourth-order valence-corrected chi connectivity index (χ4v) is 2.64. The van der Waals surface area contributed by atoms with Gasteiger partial charge in [0.05, 0.1) is 18.4 Å². The van der Waals surface area contributed by atoms with Crippen molar-refractivity contribution >= 4 is 17.6 Å². The largest absolute Gasteiger partial charge is 0.490 e. The lowest BCUT2D eigenvalue weighted by molar-refractivity contribution is 0.0602. The molecule has 0 heterocycles. The van der Waals surface area contributed by atoms with Crippen molar-refractivity contribution < 1.29 is 23.8 Å². The number of methoxy groups -OCH3 is 1. The van der Waals surface area contributed by atoms with E-state index >= 15 is 0 Å². The highest BCUT2D eigenvalue weighted by molar-refractivity contribution is 6.08. The van der Waals surface area contributed by atoms with Gasteiger partial charge in [-0.1, -0.05) is 36.4 Å². The van der Waals surface area contributed by atoms with Gasteiger partial charge in [0.1, 0.15) is 24.7 Å². The second kappa shape index (κ2) is 9.94. The van der Waals surface area contributed by atoms with E-state index in [1.54, 1.807) is 48.5 Å². The van der Waals surface area contributed by atoms with Crippen LogP contribution in [0.3, 0.4) is 0 Å². The molecule has 0 aromatic heterocycles. The summed E-state index contributed by atoms with van der Waals surface area (Å²) >= 11 is 0. The van der Waals surface area contributed by atoms with E-state index in [0.29, 0.717) is 30.2 Å². The minimum absolute atomic E-state index is 0.286. The molecule has 0 aliphatic rings. The Hall–Kier alpha value is -3.80. The van der Waals surface area contributed by atoms with Crippen molar-refractivity contribution in [2.75, 3.05) is 25.6 Å². The highest BCUT2D eigenvalue weighted by Gasteiger charge is 2.14. The number of carbonyl (C=O) groups is 2. The van der Waals surface area contributed by atoms with Crippen LogP contribution >= 0.6 is 0 Å². The topological polar surface area (TPSA) is 73.9 Å². The summed E-state index contributed by atoms with van der Waals surface area (Å²) in [6, 6.07) is 22.9. The summed E-state index contributed by atoms with van der Waals surface area (Å²) in [6.07, 6.45) is 0. The lowest BCUT2D eigenvalue weighted by atomic mass is 10.1. The first kappa shape index (κ1) is 19.9. The molecule has 1 amide bonds. The van der Waals surface area contributed by atoms with Gasteiger partial charge in [-0.3, -0.25) is 4.79 Å². The molecule has 0 radical (unpaired) electrons. The van der Waals surface area contributed by atoms with Crippen LogP contribution in [0.15, 0.2) is 78.9 Å². The van der Waals surface area contributed by atoms with Crippen LogP contribution < -0.4 is 14.8 Å². The van der Waals surface area contributed by atoms with Crippen LogP contribution in [0.4, 0.5) is 5.69 Å². The standard InChI is InChI=1S/C23H21NO5/c1-27-23(26)20-12-5-6-13-21(20)24-22(25)17-8-7-11-19(16-17)29-15-14-28-18-9-3-2-4-10-18/h2-13,16H,14-15H2,1H3,(H,24,25). The summed E-state index contributed by atoms with van der Waals surface area (Å²) in [5.41, 5.74) is 1.08. The molecule has 1 N–H and O–H groups in total. The van der Waals surface area contributed by atoms with E-state index in [2.05, 4.69) is 5.32 Å². The molecule has 0 fully saturated rings. The highest BCUT2D eigenvalue weighted by atomic mass is 16.5. The Kier molecular flexibility index (Phi) is 6.84. The third kappa shape index (κ3) is 5.59. The monoisotopic (exact) mass is 391 g/mol. The maximum Gasteiger partial charge on any atom is 0.339 e. The van der Waals surface area contributed by atoms with Gasteiger partial charge in [0.15, 0.2) is 0 Å². The highest BCUT2D eigenvalue weighted by Crippen LogP contribution is 2.19. The van der Waals surface area contributed by atoms with E-state index in [9.17, 15) is 9.59 Å². The second-order valence-electron chi connectivity index (χ2n) is 6.03. The lowest BCUT2D eigenvalue weighted by Gasteiger charge is -2.11. The van der Waals surface area contributed by atoms with E-state index in [-0.39, 0.29) is 11.5 Å². The van der Waals surface area contributed by atoms with Crippen molar-refractivity contribution in [3.05, 3.63) is 90.0 Å². The smallest absolute Gasteiger partial charge is 0.339 e. The number of amides is 1. The van der Waals surface area contributed by atoms with Gasteiger partial charge >= 0.3 is 5.97 Å². The van der Waals surface area contributed by atoms with Crippen LogP contribution in [-0.4, -0.2) is 32.2 Å². The summed E-state index contributed by atoms with van der Waals surface area (Å²) in [7, 11) is 1.29. The predicted molar refractivity (Wildman–Crippen MR) is 110 cm³/mol. The predicted octanol–water partition coefficient (Wildman–Crippen LogP) is 4.18. The molecule has 0 spiro atoms. The molecule has 0 aliphatic heterocycles. The van der Waals surface area contributed by atoms with E-state index < -0.39 is 5.97 Å². The number of esters is 1. The zero-order valence-electron chi connectivity index (χ0n) is 16.0. The average Bonchev–Trinajstić information content (AvgIpc) is 2.77. The summed E-state index contributed by atoms with van der Waals surface area (Å²) in [6.45, 7) is 0.720. The molecule has 0 saturated heterocycles. The molecule has 3 aromatic rings. The Labute approximate surface area is 169 Å². The third-order valence-corrected chi connectivity index (χ3v) is 4.04. The number of anilines is 1. The van der Waals surface area contributed by atoms with E-state index in [4.69, 9.17) is 14.2 Å². The number of nitrogens with one attached hydrogen (secondary N) is 1. The maximum absolute atomic E-state index is 12.6. The van der Waals surface area contributed by atoms with Crippen molar-refractivity contribution in [2.45, 2.75) is 0 Å². The fourth-order valence-electron chi connectivity index (χ4n) is 2.64. The van der Waals surface area contributed by atoms with Crippen LogP contribution in [0.1, 0.15) is 20.7 Å². The van der Waals surface area contributed by atoms with Gasteiger partial charge < -0.3 is 19.5 Å². The molecule has 0 unspecified atom stereocenters. The summed E-state index contributed by atoms with van der Waals surface area (Å²) < 4.78 is 16.0. The Bertz CT molecular complexity index is 972. The molecule has 3 aromatic carbocycles. The number of ether oxygens (including phenoxy) is 3. The first-order valence-corrected chi connectivity index (χ1v) is 9.07. The quantitative estimate of drug-likeness (QED) is 0.461. The van der Waals surface area contributed by atoms with Crippen LogP contribution in [0.2, 0.25) is 0 Å². The summed E-state index contributed by atoms with van der Waals surface area (Å²) in [4.78, 5) is 24.5. The first-order valence-electron chi connectivity index (χ1n) is 9.07. The number of hydrogen-bond acceptors (Lipinski definition) is 5. The normalized spacial score (nSPS) is 10.1. The fraction of sp³-hybridized carbons (Fsp3) is 0.130. The SMILES string of the molecule is COC(=O)c1ccccc1NC(=O)c1cccc(OCCOc2ccccc2)c1. The Morgan fingerprint density at radius 2 is 1.45 bits per heavy atom.